The van der Waals surface area contributed by atoms with Crippen molar-refractivity contribution in [2.75, 3.05) is 0 Å². The quantitative estimate of drug-likeness (QED) is 0.872. The first-order valence-corrected chi connectivity index (χ1v) is 6.50. The summed E-state index contributed by atoms with van der Waals surface area (Å²) >= 11 is 0. The topological polar surface area (TPSA) is 58.2 Å². The first-order valence-electron chi connectivity index (χ1n) is 6.50. The SMILES string of the molecule is CCCC(=O)C1=C(C)NC(=O)NC1c1ccccc1. The molecule has 1 aliphatic rings. The van der Waals surface area contributed by atoms with Gasteiger partial charge in [0.05, 0.1) is 6.04 Å². The minimum atomic E-state index is -0.353. The largest absolute Gasteiger partial charge is 0.327 e. The Morgan fingerprint density at radius 2 is 1.95 bits per heavy atom. The summed E-state index contributed by atoms with van der Waals surface area (Å²) in [5, 5.41) is 5.50. The van der Waals surface area contributed by atoms with Crippen LogP contribution < -0.4 is 10.6 Å². The molecule has 4 nitrogen and oxygen atoms in total. The highest BCUT2D eigenvalue weighted by Gasteiger charge is 2.30. The maximum absolute atomic E-state index is 12.2. The number of urea groups is 1. The molecule has 2 rings (SSSR count). The van der Waals surface area contributed by atoms with Gasteiger partial charge >= 0.3 is 6.03 Å². The fraction of sp³-hybridized carbons (Fsp3) is 0.333. The zero-order chi connectivity index (χ0) is 13.8. The molecular weight excluding hydrogens is 240 g/mol. The number of hydrogen-bond acceptors (Lipinski definition) is 2. The third-order valence-corrected chi connectivity index (χ3v) is 3.18. The highest BCUT2D eigenvalue weighted by molar-refractivity contribution is 5.99. The van der Waals surface area contributed by atoms with Gasteiger partial charge < -0.3 is 10.6 Å². The molecule has 1 aromatic rings. The van der Waals surface area contributed by atoms with Crippen LogP contribution in [0.25, 0.3) is 0 Å². The molecule has 1 aliphatic heterocycles. The summed E-state index contributed by atoms with van der Waals surface area (Å²) in [7, 11) is 0. The number of rotatable bonds is 4. The molecule has 19 heavy (non-hydrogen) atoms. The Balaban J connectivity index is 2.41. The molecule has 0 aliphatic carbocycles. The Hall–Kier alpha value is -2.10. The van der Waals surface area contributed by atoms with E-state index < -0.39 is 0 Å². The van der Waals surface area contributed by atoms with Gasteiger partial charge in [-0.1, -0.05) is 37.3 Å². The minimum Gasteiger partial charge on any atom is -0.327 e. The molecule has 0 fully saturated rings. The molecule has 0 radical (unpaired) electrons. The van der Waals surface area contributed by atoms with Crippen LogP contribution in [0.3, 0.4) is 0 Å². The van der Waals surface area contributed by atoms with Crippen LogP contribution in [-0.2, 0) is 4.79 Å². The summed E-state index contributed by atoms with van der Waals surface area (Å²) in [6.45, 7) is 3.75. The third-order valence-electron chi connectivity index (χ3n) is 3.18. The number of Topliss-reactive ketones (excluding diaryl/α,β-unsaturated/α-hetero) is 1. The highest BCUT2D eigenvalue weighted by Crippen LogP contribution is 2.28. The fourth-order valence-corrected chi connectivity index (χ4v) is 2.32. The number of allylic oxidation sites excluding steroid dienone is 1. The summed E-state index contributed by atoms with van der Waals surface area (Å²) in [6.07, 6.45) is 1.29. The maximum atomic E-state index is 12.2. The second-order valence-electron chi connectivity index (χ2n) is 4.65. The number of amides is 2. The molecule has 0 saturated carbocycles. The molecule has 0 aromatic heterocycles. The van der Waals surface area contributed by atoms with Gasteiger partial charge in [-0.15, -0.1) is 0 Å². The Kier molecular flexibility index (Phi) is 4.00. The van der Waals surface area contributed by atoms with E-state index in [1.54, 1.807) is 6.92 Å². The maximum Gasteiger partial charge on any atom is 0.319 e. The van der Waals surface area contributed by atoms with Crippen molar-refractivity contribution in [3.63, 3.8) is 0 Å². The van der Waals surface area contributed by atoms with Crippen LogP contribution in [0.1, 0.15) is 38.3 Å². The fourth-order valence-electron chi connectivity index (χ4n) is 2.32. The van der Waals surface area contributed by atoms with E-state index in [0.717, 1.165) is 12.0 Å². The van der Waals surface area contributed by atoms with Gasteiger partial charge in [0.2, 0.25) is 0 Å². The molecule has 2 N–H and O–H groups in total. The summed E-state index contributed by atoms with van der Waals surface area (Å²) in [4.78, 5) is 23.9. The first-order chi connectivity index (χ1) is 9.13. The molecule has 1 heterocycles. The standard InChI is InChI=1S/C15H18N2O2/c1-3-7-12(18)13-10(2)16-15(19)17-14(13)11-8-5-4-6-9-11/h4-6,8-9,14H,3,7H2,1-2H3,(H2,16,17,19). The molecule has 0 bridgehead atoms. The molecule has 4 heteroatoms. The summed E-state index contributed by atoms with van der Waals surface area (Å²) < 4.78 is 0. The van der Waals surface area contributed by atoms with Crippen LogP contribution in [0.2, 0.25) is 0 Å². The average Bonchev–Trinajstić information content (AvgIpc) is 2.39. The third kappa shape index (κ3) is 2.84. The van der Waals surface area contributed by atoms with Crippen LogP contribution >= 0.6 is 0 Å². The van der Waals surface area contributed by atoms with Gasteiger partial charge in [0.1, 0.15) is 0 Å². The van der Waals surface area contributed by atoms with Crippen LogP contribution in [-0.4, -0.2) is 11.8 Å². The van der Waals surface area contributed by atoms with Crippen molar-refractivity contribution in [3.05, 3.63) is 47.2 Å². The van der Waals surface area contributed by atoms with E-state index in [4.69, 9.17) is 0 Å². The highest BCUT2D eigenvalue weighted by atomic mass is 16.2. The molecule has 2 amide bonds. The number of benzene rings is 1. The molecular formula is C15H18N2O2. The molecule has 0 spiro atoms. The van der Waals surface area contributed by atoms with Gasteiger partial charge in [0.25, 0.3) is 0 Å². The van der Waals surface area contributed by atoms with Crippen molar-refractivity contribution in [1.29, 1.82) is 0 Å². The molecule has 100 valence electrons. The average molecular weight is 258 g/mol. The van der Waals surface area contributed by atoms with E-state index in [9.17, 15) is 9.59 Å². The second-order valence-corrected chi connectivity index (χ2v) is 4.65. The second kappa shape index (κ2) is 5.69. The number of carbonyl (C=O) groups excluding carboxylic acids is 2. The molecule has 1 atom stereocenters. The summed E-state index contributed by atoms with van der Waals surface area (Å²) in [5.74, 6) is 0.0846. The Labute approximate surface area is 112 Å². The van der Waals surface area contributed by atoms with Gasteiger partial charge in [0, 0.05) is 17.7 Å². The van der Waals surface area contributed by atoms with Crippen molar-refractivity contribution in [3.8, 4) is 0 Å². The van der Waals surface area contributed by atoms with E-state index in [0.29, 0.717) is 17.7 Å². The van der Waals surface area contributed by atoms with E-state index in [2.05, 4.69) is 10.6 Å². The lowest BCUT2D eigenvalue weighted by Crippen LogP contribution is -2.45. The van der Waals surface area contributed by atoms with E-state index in [-0.39, 0.29) is 17.9 Å². The monoisotopic (exact) mass is 258 g/mol. The van der Waals surface area contributed by atoms with E-state index in [1.165, 1.54) is 0 Å². The first kappa shape index (κ1) is 13.3. The van der Waals surface area contributed by atoms with Gasteiger partial charge in [-0.2, -0.15) is 0 Å². The number of carbonyl (C=O) groups is 2. The van der Waals surface area contributed by atoms with Gasteiger partial charge in [-0.05, 0) is 18.9 Å². The lowest BCUT2D eigenvalue weighted by atomic mass is 9.91. The van der Waals surface area contributed by atoms with Crippen LogP contribution in [0, 0.1) is 0 Å². The number of nitrogens with one attached hydrogen (secondary N) is 2. The lowest BCUT2D eigenvalue weighted by Gasteiger charge is -2.28. The van der Waals surface area contributed by atoms with Crippen molar-refractivity contribution in [2.24, 2.45) is 0 Å². The predicted molar refractivity (Wildman–Crippen MR) is 73.5 cm³/mol. The minimum absolute atomic E-state index is 0.0846. The molecule has 1 unspecified atom stereocenters. The van der Waals surface area contributed by atoms with Crippen molar-refractivity contribution in [2.45, 2.75) is 32.7 Å². The summed E-state index contributed by atoms with van der Waals surface area (Å²) in [5.41, 5.74) is 2.24. The van der Waals surface area contributed by atoms with Gasteiger partial charge in [-0.25, -0.2) is 4.79 Å². The van der Waals surface area contributed by atoms with Crippen molar-refractivity contribution >= 4 is 11.8 Å². The van der Waals surface area contributed by atoms with Crippen molar-refractivity contribution < 1.29 is 9.59 Å². The predicted octanol–water partition coefficient (Wildman–Crippen LogP) is 2.68. The number of hydrogen-bond donors (Lipinski definition) is 2. The van der Waals surface area contributed by atoms with Crippen LogP contribution in [0.15, 0.2) is 41.6 Å². The zero-order valence-corrected chi connectivity index (χ0v) is 11.2. The van der Waals surface area contributed by atoms with E-state index in [1.807, 2.05) is 37.3 Å². The normalized spacial score (nSPS) is 18.8. The number of ketones is 1. The lowest BCUT2D eigenvalue weighted by molar-refractivity contribution is -0.116. The van der Waals surface area contributed by atoms with Gasteiger partial charge in [-0.3, -0.25) is 4.79 Å². The van der Waals surface area contributed by atoms with Crippen LogP contribution in [0.5, 0.6) is 0 Å². The smallest absolute Gasteiger partial charge is 0.319 e. The Morgan fingerprint density at radius 1 is 1.26 bits per heavy atom. The Morgan fingerprint density at radius 3 is 2.58 bits per heavy atom. The van der Waals surface area contributed by atoms with E-state index >= 15 is 0 Å². The summed E-state index contributed by atoms with van der Waals surface area (Å²) in [6, 6.07) is 8.94. The van der Waals surface area contributed by atoms with Gasteiger partial charge in [0.15, 0.2) is 5.78 Å². The Bertz CT molecular complexity index is 520. The van der Waals surface area contributed by atoms with Crippen LogP contribution in [0.4, 0.5) is 4.79 Å². The molecule has 0 saturated heterocycles. The molecule has 1 aromatic carbocycles. The zero-order valence-electron chi connectivity index (χ0n) is 11.2. The van der Waals surface area contributed by atoms with Crippen molar-refractivity contribution in [1.82, 2.24) is 10.6 Å².